The van der Waals surface area contributed by atoms with Crippen LogP contribution >= 0.6 is 0 Å². The molecule has 4 atom stereocenters. The number of nitrogens with one attached hydrogen (secondary N) is 3. The topological polar surface area (TPSA) is 312 Å². The van der Waals surface area contributed by atoms with Gasteiger partial charge in [0.2, 0.25) is 0 Å². The molecular formula is C62H78N6O16. The fourth-order valence-electron chi connectivity index (χ4n) is 9.78. The van der Waals surface area contributed by atoms with Gasteiger partial charge in [-0.05, 0) is 110 Å². The van der Waals surface area contributed by atoms with Crippen LogP contribution in [-0.2, 0) is 28.7 Å². The molecule has 0 fully saturated rings. The highest BCUT2D eigenvalue weighted by Crippen LogP contribution is 2.45. The summed E-state index contributed by atoms with van der Waals surface area (Å²) in [5, 5.41) is 71.6. The van der Waals surface area contributed by atoms with Crippen molar-refractivity contribution in [1.82, 2.24) is 20.9 Å². The Morgan fingerprint density at radius 2 is 1.08 bits per heavy atom. The Hall–Kier alpha value is -8.44. The van der Waals surface area contributed by atoms with Crippen molar-refractivity contribution in [2.24, 2.45) is 0 Å². The van der Waals surface area contributed by atoms with Gasteiger partial charge in [0, 0.05) is 66.7 Å². The van der Waals surface area contributed by atoms with Gasteiger partial charge >= 0.3 is 23.9 Å². The Morgan fingerprint density at radius 3 is 1.58 bits per heavy atom. The number of non-ortho nitro benzene ring substituents is 1. The molecule has 0 amide bonds. The molecule has 0 spiro atoms. The van der Waals surface area contributed by atoms with Gasteiger partial charge in [-0.3, -0.25) is 20.2 Å². The summed E-state index contributed by atoms with van der Waals surface area (Å²) in [5.74, 6) is -4.44. The minimum atomic E-state index is -1.25. The van der Waals surface area contributed by atoms with Crippen molar-refractivity contribution in [3.8, 4) is 11.5 Å². The zero-order valence-corrected chi connectivity index (χ0v) is 48.4. The molecule has 2 aliphatic heterocycles. The number of aliphatic hydroxyl groups excluding tert-OH is 2. The molecule has 6 rings (SSSR count). The zero-order valence-electron chi connectivity index (χ0n) is 48.4. The number of benzene rings is 4. The molecule has 0 saturated carbocycles. The van der Waals surface area contributed by atoms with Crippen LogP contribution in [0.15, 0.2) is 154 Å². The molecular weight excluding hydrogens is 1080 g/mol. The lowest BCUT2D eigenvalue weighted by molar-refractivity contribution is -0.385. The highest BCUT2D eigenvalue weighted by Gasteiger charge is 2.43. The number of dihydropyridines is 1. The minimum Gasteiger partial charge on any atom is -0.491 e. The second kappa shape index (κ2) is 33.6. The van der Waals surface area contributed by atoms with Crippen molar-refractivity contribution in [3.63, 3.8) is 0 Å². The Kier molecular flexibility index (Phi) is 26.6. The number of para-hydroxylation sites is 3. The molecule has 84 heavy (non-hydrogen) atoms. The molecule has 4 aromatic carbocycles. The van der Waals surface area contributed by atoms with E-state index in [1.165, 1.54) is 30.3 Å². The van der Waals surface area contributed by atoms with Crippen LogP contribution in [-0.4, -0.2) is 130 Å². The van der Waals surface area contributed by atoms with Gasteiger partial charge in [0.05, 0.1) is 56.7 Å². The van der Waals surface area contributed by atoms with E-state index in [-0.39, 0.29) is 59.1 Å². The monoisotopic (exact) mass is 1160 g/mol. The van der Waals surface area contributed by atoms with Crippen molar-refractivity contribution in [2.75, 3.05) is 53.0 Å². The van der Waals surface area contributed by atoms with E-state index < -0.39 is 63.9 Å². The van der Waals surface area contributed by atoms with Crippen LogP contribution in [0, 0.1) is 20.2 Å². The molecule has 0 radical (unpaired) electrons. The molecule has 4 unspecified atom stereocenters. The number of nitro groups is 2. The fraction of sp³-hybridized carbons (Fsp3) is 0.419. The minimum absolute atomic E-state index is 0.0955. The number of nitro benzene ring substituents is 2. The highest BCUT2D eigenvalue weighted by atomic mass is 16.6. The number of aliphatic hydroxyl groups is 2. The molecule has 22 heteroatoms. The molecule has 22 nitrogen and oxygen atoms in total. The lowest BCUT2D eigenvalue weighted by atomic mass is 9.79. The number of carboxylic acids is 2. The van der Waals surface area contributed by atoms with Gasteiger partial charge in [0.15, 0.2) is 0 Å². The summed E-state index contributed by atoms with van der Waals surface area (Å²) in [6.45, 7) is 11.2. The van der Waals surface area contributed by atoms with E-state index in [0.717, 1.165) is 45.1 Å². The Balaban J connectivity index is 0.000000466. The number of rotatable bonds is 32. The first kappa shape index (κ1) is 66.4. The summed E-state index contributed by atoms with van der Waals surface area (Å²) >= 11 is 0. The second-order valence-corrected chi connectivity index (χ2v) is 20.5. The standard InChI is InChI=1S/C47H64N4O10.C15H14N2O6/c1-34(20-10-9-18-28-49-31-38(53)33-60-40-23-13-8-14-24-40)61-47(55)44-36(3)50(4)35(2)43(45(44)41-25-15-16-26-42(41)51(56)57)46(54)58-29-19-6-5-17-27-48-30-37(52)32-59-39-21-11-7-12-22-39;1-7-11(14(18)19)13(12(15(20)21)8(2)16-7)9-3-5-10(6-4-9)17(22)23/h7-8,11-16,21-26,34,37-38,45,48-49,52-53H,5-6,9-10,17-20,27-33H2,1-4H3;3-6,13,16H,1-2H3,(H,18,19)(H,20,21). The third-order valence-corrected chi connectivity index (χ3v) is 14.3. The van der Waals surface area contributed by atoms with Crippen LogP contribution in [0.1, 0.15) is 109 Å². The number of unbranched alkanes of at least 4 members (excludes halogenated alkanes) is 5. The molecule has 2 heterocycles. The first-order valence-corrected chi connectivity index (χ1v) is 28.0. The van der Waals surface area contributed by atoms with E-state index in [0.29, 0.717) is 72.3 Å². The van der Waals surface area contributed by atoms with Gasteiger partial charge in [-0.2, -0.15) is 0 Å². The van der Waals surface area contributed by atoms with E-state index in [9.17, 15) is 59.8 Å². The Bertz CT molecular complexity index is 2970. The van der Waals surface area contributed by atoms with Crippen LogP contribution in [0.3, 0.4) is 0 Å². The van der Waals surface area contributed by atoms with Crippen molar-refractivity contribution in [2.45, 2.75) is 116 Å². The first-order chi connectivity index (χ1) is 40.2. The summed E-state index contributed by atoms with van der Waals surface area (Å²) in [4.78, 5) is 74.9. The van der Waals surface area contributed by atoms with Gasteiger partial charge in [-0.1, -0.05) is 86.0 Å². The van der Waals surface area contributed by atoms with E-state index in [2.05, 4.69) is 16.0 Å². The van der Waals surface area contributed by atoms with Gasteiger partial charge in [-0.25, -0.2) is 19.2 Å². The average molecular weight is 1160 g/mol. The summed E-state index contributed by atoms with van der Waals surface area (Å²) in [5.41, 5.74) is 2.06. The molecule has 452 valence electrons. The second-order valence-electron chi connectivity index (χ2n) is 20.5. The third-order valence-electron chi connectivity index (χ3n) is 14.3. The summed E-state index contributed by atoms with van der Waals surface area (Å²) in [6.07, 6.45) is 4.58. The SMILES string of the molecule is CC1=C(C(=O)O)C(c2ccc([N+](=O)[O-])cc2)C(C(=O)O)=C(C)N1.CC1=C(C(=O)OCCCCCCNCC(O)COc2ccccc2)C(c2ccccc2[N+](=O)[O-])C(C(=O)OC(C)CCCCCNCC(O)COc2ccccc2)=C(C)N1C. The molecule has 4 aromatic rings. The van der Waals surface area contributed by atoms with Gasteiger partial charge in [0.1, 0.15) is 36.9 Å². The molecule has 7 N–H and O–H groups in total. The fourth-order valence-corrected chi connectivity index (χ4v) is 9.78. The van der Waals surface area contributed by atoms with Crippen LogP contribution in [0.4, 0.5) is 11.4 Å². The van der Waals surface area contributed by atoms with Crippen LogP contribution in [0.25, 0.3) is 0 Å². The number of hydrogen-bond donors (Lipinski definition) is 7. The highest BCUT2D eigenvalue weighted by molar-refractivity contribution is 6.00. The van der Waals surface area contributed by atoms with E-state index >= 15 is 0 Å². The Labute approximate surface area is 489 Å². The third kappa shape index (κ3) is 19.6. The molecule has 2 aliphatic rings. The zero-order chi connectivity index (χ0) is 61.3. The largest absolute Gasteiger partial charge is 0.491 e. The number of allylic oxidation sites excluding steroid dienone is 4. The summed E-state index contributed by atoms with van der Waals surface area (Å²) < 4.78 is 23.0. The first-order valence-electron chi connectivity index (χ1n) is 28.0. The molecule has 0 bridgehead atoms. The smallest absolute Gasteiger partial charge is 0.337 e. The number of ether oxygens (including phenoxy) is 4. The average Bonchev–Trinajstić information content (AvgIpc) is 1.03. The van der Waals surface area contributed by atoms with Gasteiger partial charge in [0.25, 0.3) is 11.4 Å². The number of carbonyl (C=O) groups excluding carboxylic acids is 2. The number of carbonyl (C=O) groups is 4. The molecule has 0 saturated heterocycles. The van der Waals surface area contributed by atoms with Crippen molar-refractivity contribution >= 4 is 35.3 Å². The lowest BCUT2D eigenvalue weighted by Crippen LogP contribution is -2.34. The number of aliphatic carboxylic acids is 2. The molecule has 0 aromatic heterocycles. The maximum atomic E-state index is 14.1. The predicted octanol–water partition coefficient (Wildman–Crippen LogP) is 8.83. The summed E-state index contributed by atoms with van der Waals surface area (Å²) in [7, 11) is 1.75. The number of hydrogen-bond acceptors (Lipinski definition) is 18. The number of esters is 2. The van der Waals surface area contributed by atoms with Crippen molar-refractivity contribution in [1.29, 1.82) is 0 Å². The normalized spacial score (nSPS) is 15.5. The van der Waals surface area contributed by atoms with Crippen LogP contribution in [0.5, 0.6) is 11.5 Å². The van der Waals surface area contributed by atoms with E-state index in [1.807, 2.05) is 67.6 Å². The van der Waals surface area contributed by atoms with E-state index in [1.54, 1.807) is 57.8 Å². The van der Waals surface area contributed by atoms with Gasteiger partial charge < -0.3 is 60.2 Å². The number of carboxylic acid groups (broad SMARTS) is 2. The Morgan fingerprint density at radius 1 is 0.607 bits per heavy atom. The maximum absolute atomic E-state index is 14.1. The van der Waals surface area contributed by atoms with Crippen molar-refractivity contribution in [3.05, 3.63) is 186 Å². The van der Waals surface area contributed by atoms with Crippen LogP contribution in [0.2, 0.25) is 0 Å². The quantitative estimate of drug-likeness (QED) is 0.0104. The lowest BCUT2D eigenvalue weighted by Gasteiger charge is -2.36. The summed E-state index contributed by atoms with van der Waals surface area (Å²) in [6, 6.07) is 30.0. The van der Waals surface area contributed by atoms with Gasteiger partial charge in [-0.15, -0.1) is 0 Å². The van der Waals surface area contributed by atoms with E-state index in [4.69, 9.17) is 18.9 Å². The molecule has 0 aliphatic carbocycles. The van der Waals surface area contributed by atoms with Crippen LogP contribution < -0.4 is 25.4 Å². The maximum Gasteiger partial charge on any atom is 0.337 e. The number of nitrogens with zero attached hydrogens (tertiary/aromatic N) is 3. The predicted molar refractivity (Wildman–Crippen MR) is 314 cm³/mol. The van der Waals surface area contributed by atoms with Crippen molar-refractivity contribution < 1.29 is 68.4 Å².